The van der Waals surface area contributed by atoms with Gasteiger partial charge in [-0.05, 0) is 31.2 Å². The molecular formula is C12H13NO2S. The molecule has 4 heteroatoms. The molecule has 1 fully saturated rings. The van der Waals surface area contributed by atoms with Crippen molar-refractivity contribution >= 4 is 17.2 Å². The molecule has 2 rings (SSSR count). The number of rotatable bonds is 2. The number of carbonyl (C=O) groups excluding carboxylic acids is 1. The van der Waals surface area contributed by atoms with Crippen LogP contribution >= 0.6 is 11.3 Å². The van der Waals surface area contributed by atoms with Crippen molar-refractivity contribution in [3.05, 3.63) is 21.9 Å². The van der Waals surface area contributed by atoms with Gasteiger partial charge in [0.25, 0.3) is 5.91 Å². The van der Waals surface area contributed by atoms with Crippen LogP contribution in [0.4, 0.5) is 0 Å². The molecule has 0 aromatic carbocycles. The fourth-order valence-electron chi connectivity index (χ4n) is 1.36. The number of amides is 1. The third-order valence-corrected chi connectivity index (χ3v) is 3.50. The van der Waals surface area contributed by atoms with Crippen LogP contribution in [0.5, 0.6) is 0 Å². The van der Waals surface area contributed by atoms with E-state index in [9.17, 15) is 4.79 Å². The zero-order valence-corrected chi connectivity index (χ0v) is 9.86. The summed E-state index contributed by atoms with van der Waals surface area (Å²) in [5.74, 6) is 5.28. The highest BCUT2D eigenvalue weighted by atomic mass is 32.1. The first-order chi connectivity index (χ1) is 7.64. The van der Waals surface area contributed by atoms with E-state index in [1.807, 2.05) is 12.3 Å². The second-order valence-electron chi connectivity index (χ2n) is 4.14. The first kappa shape index (κ1) is 11.2. The summed E-state index contributed by atoms with van der Waals surface area (Å²) < 4.78 is 0. The van der Waals surface area contributed by atoms with Gasteiger partial charge < -0.3 is 10.4 Å². The van der Waals surface area contributed by atoms with Gasteiger partial charge in [-0.2, -0.15) is 0 Å². The Morgan fingerprint density at radius 2 is 2.44 bits per heavy atom. The van der Waals surface area contributed by atoms with Gasteiger partial charge in [-0.15, -0.1) is 11.3 Å². The van der Waals surface area contributed by atoms with Gasteiger partial charge in [0.2, 0.25) is 0 Å². The normalized spacial score (nSPS) is 16.1. The van der Waals surface area contributed by atoms with E-state index < -0.39 is 0 Å². The van der Waals surface area contributed by atoms with Gasteiger partial charge in [0.05, 0.1) is 0 Å². The van der Waals surface area contributed by atoms with Crippen molar-refractivity contribution in [3.8, 4) is 11.8 Å². The van der Waals surface area contributed by atoms with E-state index in [1.54, 1.807) is 6.07 Å². The minimum atomic E-state index is -0.186. The highest BCUT2D eigenvalue weighted by Crippen LogP contribution is 2.34. The molecule has 3 nitrogen and oxygen atoms in total. The molecule has 0 spiro atoms. The molecule has 1 heterocycles. The third kappa shape index (κ3) is 2.43. The number of aliphatic hydroxyl groups is 1. The number of nitrogens with one attached hydrogen (secondary N) is 1. The largest absolute Gasteiger partial charge is 0.384 e. The second-order valence-corrected chi connectivity index (χ2v) is 5.05. The molecule has 16 heavy (non-hydrogen) atoms. The zero-order chi connectivity index (χ0) is 11.6. The smallest absolute Gasteiger partial charge is 0.263 e. The maximum Gasteiger partial charge on any atom is 0.263 e. The Morgan fingerprint density at radius 1 is 1.69 bits per heavy atom. The molecule has 84 valence electrons. The minimum Gasteiger partial charge on any atom is -0.384 e. The van der Waals surface area contributed by atoms with Gasteiger partial charge in [0.1, 0.15) is 11.5 Å². The fourth-order valence-corrected chi connectivity index (χ4v) is 2.11. The van der Waals surface area contributed by atoms with Gasteiger partial charge in [-0.3, -0.25) is 4.79 Å². The molecule has 1 aromatic rings. The molecule has 0 aliphatic heterocycles. The summed E-state index contributed by atoms with van der Waals surface area (Å²) in [6.45, 7) is 1.85. The molecule has 1 amide bonds. The summed E-state index contributed by atoms with van der Waals surface area (Å²) in [4.78, 5) is 12.5. The standard InChI is InChI=1S/C12H13NO2S/c1-12(5-6-12)13-11(15)10-9(3-2-7-14)4-8-16-10/h4,8,14H,5-7H2,1H3,(H,13,15). The maximum atomic E-state index is 11.9. The molecule has 1 aliphatic carbocycles. The van der Waals surface area contributed by atoms with E-state index in [0.29, 0.717) is 10.4 Å². The molecule has 1 aromatic heterocycles. The molecule has 0 unspecified atom stereocenters. The third-order valence-electron chi connectivity index (χ3n) is 2.59. The Hall–Kier alpha value is -1.31. The summed E-state index contributed by atoms with van der Waals surface area (Å²) in [5, 5.41) is 13.4. The van der Waals surface area contributed by atoms with Gasteiger partial charge in [-0.25, -0.2) is 0 Å². The first-order valence-electron chi connectivity index (χ1n) is 5.14. The van der Waals surface area contributed by atoms with Gasteiger partial charge in [0, 0.05) is 11.1 Å². The van der Waals surface area contributed by atoms with E-state index in [2.05, 4.69) is 17.2 Å². The lowest BCUT2D eigenvalue weighted by atomic mass is 10.2. The SMILES string of the molecule is CC1(NC(=O)c2sccc2C#CCO)CC1. The van der Waals surface area contributed by atoms with Crippen molar-refractivity contribution in [1.29, 1.82) is 0 Å². The van der Waals surface area contributed by atoms with Crippen LogP contribution < -0.4 is 5.32 Å². The first-order valence-corrected chi connectivity index (χ1v) is 6.02. The molecule has 0 atom stereocenters. The number of hydrogen-bond acceptors (Lipinski definition) is 3. The lowest BCUT2D eigenvalue weighted by Gasteiger charge is -2.10. The lowest BCUT2D eigenvalue weighted by Crippen LogP contribution is -2.34. The predicted molar refractivity (Wildman–Crippen MR) is 63.4 cm³/mol. The number of thiophene rings is 1. The Morgan fingerprint density at radius 3 is 3.06 bits per heavy atom. The monoisotopic (exact) mass is 235 g/mol. The van der Waals surface area contributed by atoms with E-state index in [-0.39, 0.29) is 18.1 Å². The average molecular weight is 235 g/mol. The Kier molecular flexibility index (Phi) is 2.99. The Bertz CT molecular complexity index is 463. The molecule has 1 saturated carbocycles. The summed E-state index contributed by atoms with van der Waals surface area (Å²) in [5.41, 5.74) is 0.684. The van der Waals surface area contributed by atoms with E-state index in [0.717, 1.165) is 12.8 Å². The van der Waals surface area contributed by atoms with Crippen LogP contribution in [0, 0.1) is 11.8 Å². The van der Waals surface area contributed by atoms with Crippen LogP contribution in [0.3, 0.4) is 0 Å². The minimum absolute atomic E-state index is 0.0112. The summed E-state index contributed by atoms with van der Waals surface area (Å²) >= 11 is 1.38. The average Bonchev–Trinajstić information content (AvgIpc) is 2.82. The van der Waals surface area contributed by atoms with E-state index in [4.69, 9.17) is 5.11 Å². The highest BCUT2D eigenvalue weighted by Gasteiger charge is 2.39. The quantitative estimate of drug-likeness (QED) is 0.761. The van der Waals surface area contributed by atoms with Crippen LogP contribution in [-0.4, -0.2) is 23.2 Å². The molecule has 1 aliphatic rings. The van der Waals surface area contributed by atoms with Crippen molar-refractivity contribution in [2.24, 2.45) is 0 Å². The van der Waals surface area contributed by atoms with Crippen LogP contribution in [0.2, 0.25) is 0 Å². The molecule has 0 radical (unpaired) electrons. The molecular weight excluding hydrogens is 222 g/mol. The Labute approximate surface area is 98.5 Å². The van der Waals surface area contributed by atoms with Crippen LogP contribution in [0.25, 0.3) is 0 Å². The zero-order valence-electron chi connectivity index (χ0n) is 9.04. The number of hydrogen-bond donors (Lipinski definition) is 2. The second kappa shape index (κ2) is 4.28. The molecule has 2 N–H and O–H groups in total. The molecule has 0 bridgehead atoms. The van der Waals surface area contributed by atoms with Gasteiger partial charge in [-0.1, -0.05) is 11.8 Å². The van der Waals surface area contributed by atoms with Crippen molar-refractivity contribution in [2.45, 2.75) is 25.3 Å². The van der Waals surface area contributed by atoms with Gasteiger partial charge in [0.15, 0.2) is 0 Å². The van der Waals surface area contributed by atoms with Crippen LogP contribution in [-0.2, 0) is 0 Å². The lowest BCUT2D eigenvalue weighted by molar-refractivity contribution is 0.0939. The summed E-state index contributed by atoms with van der Waals surface area (Å²) in [6, 6.07) is 1.80. The fraction of sp³-hybridized carbons (Fsp3) is 0.417. The van der Waals surface area contributed by atoms with Gasteiger partial charge >= 0.3 is 0 Å². The predicted octanol–water partition coefficient (Wildman–Crippen LogP) is 1.37. The topological polar surface area (TPSA) is 49.3 Å². The van der Waals surface area contributed by atoms with Crippen molar-refractivity contribution in [2.75, 3.05) is 6.61 Å². The number of carbonyl (C=O) groups is 1. The van der Waals surface area contributed by atoms with Crippen LogP contribution in [0.1, 0.15) is 35.0 Å². The highest BCUT2D eigenvalue weighted by molar-refractivity contribution is 7.12. The maximum absolute atomic E-state index is 11.9. The van der Waals surface area contributed by atoms with E-state index in [1.165, 1.54) is 11.3 Å². The van der Waals surface area contributed by atoms with Crippen molar-refractivity contribution in [1.82, 2.24) is 5.32 Å². The number of aliphatic hydroxyl groups excluding tert-OH is 1. The van der Waals surface area contributed by atoms with E-state index >= 15 is 0 Å². The van der Waals surface area contributed by atoms with Crippen molar-refractivity contribution < 1.29 is 9.90 Å². The Balaban J connectivity index is 2.13. The van der Waals surface area contributed by atoms with Crippen molar-refractivity contribution in [3.63, 3.8) is 0 Å². The van der Waals surface area contributed by atoms with Crippen LogP contribution in [0.15, 0.2) is 11.4 Å². The summed E-state index contributed by atoms with van der Waals surface area (Å²) in [7, 11) is 0. The summed E-state index contributed by atoms with van der Waals surface area (Å²) in [6.07, 6.45) is 2.09. The molecule has 0 saturated heterocycles.